The molecule has 4 heteroatoms. The Kier molecular flexibility index (Phi) is 4.07. The van der Waals surface area contributed by atoms with E-state index in [-0.39, 0.29) is 11.7 Å². The minimum absolute atomic E-state index is 0.161. The first-order valence-corrected chi connectivity index (χ1v) is 9.13. The lowest BCUT2D eigenvalue weighted by Gasteiger charge is -2.22. The van der Waals surface area contributed by atoms with Crippen molar-refractivity contribution >= 4 is 28.6 Å². The van der Waals surface area contributed by atoms with Crippen molar-refractivity contribution in [1.82, 2.24) is 4.57 Å². The van der Waals surface area contributed by atoms with Crippen LogP contribution in [0.5, 0.6) is 0 Å². The number of rotatable bonds is 4. The van der Waals surface area contributed by atoms with E-state index in [1.165, 1.54) is 27.1 Å². The first-order chi connectivity index (χ1) is 11.7. The van der Waals surface area contributed by atoms with Gasteiger partial charge < -0.3 is 9.67 Å². The summed E-state index contributed by atoms with van der Waals surface area (Å²) >= 11 is 1.74. The van der Waals surface area contributed by atoms with E-state index < -0.39 is 5.97 Å². The molecule has 1 atom stereocenters. The van der Waals surface area contributed by atoms with Crippen molar-refractivity contribution in [2.24, 2.45) is 0 Å². The van der Waals surface area contributed by atoms with Gasteiger partial charge in [0, 0.05) is 22.7 Å². The van der Waals surface area contributed by atoms with Crippen LogP contribution in [-0.2, 0) is 17.8 Å². The van der Waals surface area contributed by atoms with Crippen LogP contribution in [0, 0.1) is 0 Å². The second-order valence-electron chi connectivity index (χ2n) is 6.25. The summed E-state index contributed by atoms with van der Waals surface area (Å²) in [5.41, 5.74) is 3.89. The lowest BCUT2D eigenvalue weighted by atomic mass is 10.1. The third kappa shape index (κ3) is 2.82. The lowest BCUT2D eigenvalue weighted by Crippen LogP contribution is -2.16. The van der Waals surface area contributed by atoms with Gasteiger partial charge in [-0.15, -0.1) is 11.8 Å². The van der Waals surface area contributed by atoms with Gasteiger partial charge in [-0.05, 0) is 30.0 Å². The number of carboxylic acids is 1. The lowest BCUT2D eigenvalue weighted by molar-refractivity contribution is -0.137. The van der Waals surface area contributed by atoms with Crippen molar-refractivity contribution in [2.45, 2.75) is 36.1 Å². The number of hydrogen-bond acceptors (Lipinski definition) is 2. The molecule has 4 rings (SSSR count). The van der Waals surface area contributed by atoms with Crippen LogP contribution in [0.4, 0.5) is 0 Å². The molecule has 0 saturated heterocycles. The van der Waals surface area contributed by atoms with E-state index in [0.29, 0.717) is 0 Å². The van der Waals surface area contributed by atoms with E-state index in [4.69, 9.17) is 5.11 Å². The summed E-state index contributed by atoms with van der Waals surface area (Å²) in [6, 6.07) is 19.0. The molecule has 2 aromatic carbocycles. The molecule has 0 radical (unpaired) electrons. The average molecular weight is 337 g/mol. The van der Waals surface area contributed by atoms with Crippen molar-refractivity contribution in [2.75, 3.05) is 0 Å². The number of para-hydroxylation sites is 1. The van der Waals surface area contributed by atoms with Crippen molar-refractivity contribution < 1.29 is 9.90 Å². The molecule has 0 aliphatic carbocycles. The molecule has 0 saturated carbocycles. The fourth-order valence-corrected chi connectivity index (χ4v) is 4.93. The Balaban J connectivity index is 1.79. The maximum atomic E-state index is 11.1. The van der Waals surface area contributed by atoms with Crippen LogP contribution < -0.4 is 0 Å². The summed E-state index contributed by atoms with van der Waals surface area (Å²) in [6.45, 7) is 0.823. The summed E-state index contributed by atoms with van der Waals surface area (Å²) < 4.78 is 2.36. The molecule has 3 nitrogen and oxygen atoms in total. The maximum Gasteiger partial charge on any atom is 0.304 e. The molecule has 1 aliphatic rings. The number of benzene rings is 2. The molecule has 0 bridgehead atoms. The smallest absolute Gasteiger partial charge is 0.304 e. The van der Waals surface area contributed by atoms with Gasteiger partial charge in [0.05, 0.1) is 11.4 Å². The van der Waals surface area contributed by atoms with E-state index in [9.17, 15) is 4.79 Å². The minimum atomic E-state index is -0.707. The van der Waals surface area contributed by atoms with Gasteiger partial charge in [-0.3, -0.25) is 4.79 Å². The second-order valence-corrected chi connectivity index (χ2v) is 7.54. The summed E-state index contributed by atoms with van der Waals surface area (Å²) in [4.78, 5) is 11.1. The predicted octanol–water partition coefficient (Wildman–Crippen LogP) is 4.57. The van der Waals surface area contributed by atoms with E-state index in [2.05, 4.69) is 53.1 Å². The van der Waals surface area contributed by atoms with Gasteiger partial charge in [-0.25, -0.2) is 0 Å². The van der Waals surface area contributed by atoms with Gasteiger partial charge in [0.15, 0.2) is 0 Å². The molecule has 3 aromatic rings. The standard InChI is InChI=1S/C20H19NO2S/c22-19(23)12-15-10-11-17-16-8-4-5-9-18(16)21(20(17)24-15)13-14-6-2-1-3-7-14/h1-9,15H,10-13H2,(H,22,23). The quantitative estimate of drug-likeness (QED) is 0.758. The molecule has 122 valence electrons. The van der Waals surface area contributed by atoms with E-state index in [0.717, 1.165) is 19.4 Å². The molecule has 0 spiro atoms. The van der Waals surface area contributed by atoms with Crippen LogP contribution in [0.25, 0.3) is 10.9 Å². The van der Waals surface area contributed by atoms with Gasteiger partial charge in [0.2, 0.25) is 0 Å². The van der Waals surface area contributed by atoms with Crippen molar-refractivity contribution in [3.8, 4) is 0 Å². The molecule has 1 aromatic heterocycles. The number of carboxylic acid groups (broad SMARTS) is 1. The number of hydrogen-bond donors (Lipinski definition) is 1. The highest BCUT2D eigenvalue weighted by atomic mass is 32.2. The number of aliphatic carboxylic acids is 1. The fraction of sp³-hybridized carbons (Fsp3) is 0.250. The third-order valence-electron chi connectivity index (χ3n) is 4.60. The number of fused-ring (bicyclic) bond motifs is 3. The van der Waals surface area contributed by atoms with E-state index in [1.54, 1.807) is 11.8 Å². The Morgan fingerprint density at radius 3 is 2.67 bits per heavy atom. The normalized spacial score (nSPS) is 16.9. The average Bonchev–Trinajstić information content (AvgIpc) is 2.89. The van der Waals surface area contributed by atoms with Crippen molar-refractivity contribution in [3.05, 3.63) is 65.7 Å². The van der Waals surface area contributed by atoms with Crippen molar-refractivity contribution in [1.29, 1.82) is 0 Å². The highest BCUT2D eigenvalue weighted by Gasteiger charge is 2.27. The van der Waals surface area contributed by atoms with Crippen LogP contribution in [0.2, 0.25) is 0 Å². The zero-order chi connectivity index (χ0) is 16.5. The zero-order valence-corrected chi connectivity index (χ0v) is 14.1. The number of nitrogens with zero attached hydrogens (tertiary/aromatic N) is 1. The molecular formula is C20H19NO2S. The highest BCUT2D eigenvalue weighted by molar-refractivity contribution is 8.00. The van der Waals surface area contributed by atoms with E-state index >= 15 is 0 Å². The maximum absolute atomic E-state index is 11.1. The Hall–Kier alpha value is -2.20. The predicted molar refractivity (Wildman–Crippen MR) is 97.7 cm³/mol. The SMILES string of the molecule is O=C(O)CC1CCc2c(n(Cc3ccccc3)c3ccccc23)S1. The van der Waals surface area contributed by atoms with Gasteiger partial charge >= 0.3 is 5.97 Å². The molecule has 0 amide bonds. The Labute approximate surface area is 145 Å². The minimum Gasteiger partial charge on any atom is -0.481 e. The Bertz CT molecular complexity index is 885. The van der Waals surface area contributed by atoms with Gasteiger partial charge in [0.1, 0.15) is 0 Å². The van der Waals surface area contributed by atoms with Crippen LogP contribution in [-0.4, -0.2) is 20.9 Å². The second kappa shape index (κ2) is 6.36. The molecule has 1 aliphatic heterocycles. The van der Waals surface area contributed by atoms with Gasteiger partial charge in [-0.1, -0.05) is 48.5 Å². The molecule has 1 N–H and O–H groups in total. The fourth-order valence-electron chi connectivity index (χ4n) is 3.51. The molecule has 1 unspecified atom stereocenters. The zero-order valence-electron chi connectivity index (χ0n) is 13.3. The number of aryl methyl sites for hydroxylation is 1. The Morgan fingerprint density at radius 1 is 1.12 bits per heavy atom. The number of aromatic nitrogens is 1. The van der Waals surface area contributed by atoms with Crippen molar-refractivity contribution in [3.63, 3.8) is 0 Å². The van der Waals surface area contributed by atoms with Crippen LogP contribution in [0.1, 0.15) is 24.0 Å². The van der Waals surface area contributed by atoms with Gasteiger partial charge in [0.25, 0.3) is 0 Å². The third-order valence-corrected chi connectivity index (χ3v) is 6.03. The summed E-state index contributed by atoms with van der Waals surface area (Å²) in [7, 11) is 0. The summed E-state index contributed by atoms with van der Waals surface area (Å²) in [6.07, 6.45) is 2.13. The number of thioether (sulfide) groups is 1. The molecule has 2 heterocycles. The molecule has 0 fully saturated rings. The summed E-state index contributed by atoms with van der Waals surface area (Å²) in [5.74, 6) is -0.707. The van der Waals surface area contributed by atoms with Crippen LogP contribution in [0.3, 0.4) is 0 Å². The van der Waals surface area contributed by atoms with Crippen LogP contribution >= 0.6 is 11.8 Å². The first kappa shape index (κ1) is 15.3. The largest absolute Gasteiger partial charge is 0.481 e. The van der Waals surface area contributed by atoms with Crippen LogP contribution in [0.15, 0.2) is 59.6 Å². The number of carbonyl (C=O) groups is 1. The topological polar surface area (TPSA) is 42.2 Å². The summed E-state index contributed by atoms with van der Waals surface area (Å²) in [5, 5.41) is 11.9. The Morgan fingerprint density at radius 2 is 1.88 bits per heavy atom. The van der Waals surface area contributed by atoms with E-state index in [1.807, 2.05) is 6.07 Å². The molecule has 24 heavy (non-hydrogen) atoms. The highest BCUT2D eigenvalue weighted by Crippen LogP contribution is 2.42. The van der Waals surface area contributed by atoms with Gasteiger partial charge in [-0.2, -0.15) is 0 Å². The first-order valence-electron chi connectivity index (χ1n) is 8.25. The monoisotopic (exact) mass is 337 g/mol. The molecular weight excluding hydrogens is 318 g/mol.